The van der Waals surface area contributed by atoms with E-state index in [0.717, 1.165) is 11.3 Å². The lowest BCUT2D eigenvalue weighted by Crippen LogP contribution is -2.23. The Labute approximate surface area is 109 Å². The average Bonchev–Trinajstić information content (AvgIpc) is 2.84. The second-order valence-corrected chi connectivity index (χ2v) is 4.78. The Morgan fingerprint density at radius 3 is 3.06 bits per heavy atom. The number of aromatic hydroxyl groups is 1. The molecule has 94 valence electrons. The molecule has 0 saturated heterocycles. The van der Waals surface area contributed by atoms with Crippen molar-refractivity contribution in [2.45, 2.75) is 19.9 Å². The number of hydrogen-bond donors (Lipinski definition) is 2. The highest BCUT2D eigenvalue weighted by molar-refractivity contribution is 7.10. The number of thiophene rings is 1. The zero-order chi connectivity index (χ0) is 13.0. The van der Waals surface area contributed by atoms with Crippen LogP contribution in [0.3, 0.4) is 0 Å². The van der Waals surface area contributed by atoms with Crippen LogP contribution in [-0.4, -0.2) is 16.0 Å². The molecule has 2 aromatic rings. The van der Waals surface area contributed by atoms with E-state index in [4.69, 9.17) is 0 Å². The van der Waals surface area contributed by atoms with Gasteiger partial charge >= 0.3 is 0 Å². The van der Waals surface area contributed by atoms with Crippen LogP contribution in [-0.2, 0) is 13.0 Å². The summed E-state index contributed by atoms with van der Waals surface area (Å²) in [5.74, 6) is -0.458. The molecule has 0 aliphatic rings. The smallest absolute Gasteiger partial charge is 0.274 e. The fourth-order valence-electron chi connectivity index (χ4n) is 1.65. The molecule has 18 heavy (non-hydrogen) atoms. The molecule has 1 amide bonds. The lowest BCUT2D eigenvalue weighted by Gasteiger charge is -2.06. The Morgan fingerprint density at radius 2 is 2.33 bits per heavy atom. The molecule has 2 aromatic heterocycles. The minimum atomic E-state index is -0.358. The number of nitrogens with zero attached hydrogens (tertiary/aromatic N) is 1. The maximum Gasteiger partial charge on any atom is 0.274 e. The van der Waals surface area contributed by atoms with E-state index in [9.17, 15) is 9.90 Å². The number of carbonyl (C=O) groups is 1. The number of amides is 1. The lowest BCUT2D eigenvalue weighted by atomic mass is 10.2. The van der Waals surface area contributed by atoms with Crippen LogP contribution in [0.15, 0.2) is 29.8 Å². The highest BCUT2D eigenvalue weighted by Crippen LogP contribution is 2.18. The van der Waals surface area contributed by atoms with Gasteiger partial charge in [0.15, 0.2) is 5.69 Å². The summed E-state index contributed by atoms with van der Waals surface area (Å²) < 4.78 is 0. The molecule has 2 N–H and O–H groups in total. The first-order valence-electron chi connectivity index (χ1n) is 5.69. The van der Waals surface area contributed by atoms with Crippen molar-refractivity contribution in [2.75, 3.05) is 0 Å². The summed E-state index contributed by atoms with van der Waals surface area (Å²) in [5.41, 5.74) is 1.30. The van der Waals surface area contributed by atoms with E-state index in [1.807, 2.05) is 5.38 Å². The Hall–Kier alpha value is -1.88. The fraction of sp³-hybridized carbons (Fsp3) is 0.231. The van der Waals surface area contributed by atoms with Crippen LogP contribution >= 0.6 is 11.3 Å². The number of aromatic nitrogens is 1. The van der Waals surface area contributed by atoms with Crippen molar-refractivity contribution in [3.63, 3.8) is 0 Å². The summed E-state index contributed by atoms with van der Waals surface area (Å²) in [6, 6.07) is 5.09. The molecule has 2 rings (SSSR count). The Bertz CT molecular complexity index is 551. The topological polar surface area (TPSA) is 62.2 Å². The Kier molecular flexibility index (Phi) is 3.94. The van der Waals surface area contributed by atoms with Crippen molar-refractivity contribution < 1.29 is 9.90 Å². The van der Waals surface area contributed by atoms with Crippen LogP contribution in [0, 0.1) is 0 Å². The van der Waals surface area contributed by atoms with Gasteiger partial charge in [0.05, 0.1) is 6.54 Å². The molecule has 4 nitrogen and oxygen atoms in total. The monoisotopic (exact) mass is 262 g/mol. The van der Waals surface area contributed by atoms with Gasteiger partial charge in [-0.05, 0) is 35.6 Å². The molecule has 0 saturated carbocycles. The average molecular weight is 262 g/mol. The van der Waals surface area contributed by atoms with Gasteiger partial charge in [-0.15, -0.1) is 11.3 Å². The van der Waals surface area contributed by atoms with Crippen LogP contribution in [0.25, 0.3) is 0 Å². The summed E-state index contributed by atoms with van der Waals surface area (Å²) in [7, 11) is 0. The van der Waals surface area contributed by atoms with Crippen molar-refractivity contribution in [1.29, 1.82) is 0 Å². The van der Waals surface area contributed by atoms with Gasteiger partial charge < -0.3 is 10.4 Å². The third kappa shape index (κ3) is 2.68. The highest BCUT2D eigenvalue weighted by Gasteiger charge is 2.12. The molecule has 0 radical (unpaired) electrons. The van der Waals surface area contributed by atoms with Crippen molar-refractivity contribution >= 4 is 17.2 Å². The molecule has 0 unspecified atom stereocenters. The molecular weight excluding hydrogens is 248 g/mol. The third-order valence-electron chi connectivity index (χ3n) is 2.63. The van der Waals surface area contributed by atoms with E-state index in [0.29, 0.717) is 6.54 Å². The molecule has 0 spiro atoms. The maximum absolute atomic E-state index is 11.8. The molecule has 0 bridgehead atoms. The molecule has 0 atom stereocenters. The largest absolute Gasteiger partial charge is 0.505 e. The van der Waals surface area contributed by atoms with Crippen molar-refractivity contribution in [1.82, 2.24) is 10.3 Å². The normalized spacial score (nSPS) is 10.3. The van der Waals surface area contributed by atoms with Crippen LogP contribution in [0.5, 0.6) is 5.75 Å². The van der Waals surface area contributed by atoms with E-state index in [-0.39, 0.29) is 17.4 Å². The minimum Gasteiger partial charge on any atom is -0.505 e. The maximum atomic E-state index is 11.8. The zero-order valence-electron chi connectivity index (χ0n) is 10.0. The highest BCUT2D eigenvalue weighted by atomic mass is 32.1. The number of pyridine rings is 1. The van der Waals surface area contributed by atoms with Gasteiger partial charge in [0.1, 0.15) is 5.75 Å². The fourth-order valence-corrected chi connectivity index (χ4v) is 2.57. The first-order valence-corrected chi connectivity index (χ1v) is 6.57. The number of rotatable bonds is 4. The van der Waals surface area contributed by atoms with Gasteiger partial charge in [0, 0.05) is 11.1 Å². The van der Waals surface area contributed by atoms with Crippen LogP contribution in [0.2, 0.25) is 0 Å². The molecule has 2 heterocycles. The standard InChI is InChI=1S/C13H14N2O2S/c1-2-9-5-7-18-11(9)8-15-13(17)12-10(16)4-3-6-14-12/h3-7,16H,2,8H2,1H3,(H,15,17). The summed E-state index contributed by atoms with van der Waals surface area (Å²) >= 11 is 1.62. The van der Waals surface area contributed by atoms with Crippen LogP contribution in [0.1, 0.15) is 27.9 Å². The third-order valence-corrected chi connectivity index (χ3v) is 3.59. The molecule has 0 aromatic carbocycles. The van der Waals surface area contributed by atoms with E-state index in [1.54, 1.807) is 17.4 Å². The van der Waals surface area contributed by atoms with Gasteiger partial charge in [0.25, 0.3) is 5.91 Å². The zero-order valence-corrected chi connectivity index (χ0v) is 10.8. The van der Waals surface area contributed by atoms with Gasteiger partial charge in [-0.25, -0.2) is 4.98 Å². The number of aryl methyl sites for hydroxylation is 1. The van der Waals surface area contributed by atoms with Gasteiger partial charge in [-0.3, -0.25) is 4.79 Å². The van der Waals surface area contributed by atoms with Crippen LogP contribution in [0.4, 0.5) is 0 Å². The van der Waals surface area contributed by atoms with Crippen molar-refractivity contribution in [3.05, 3.63) is 45.9 Å². The van der Waals surface area contributed by atoms with E-state index in [1.165, 1.54) is 17.8 Å². The predicted molar refractivity (Wildman–Crippen MR) is 70.8 cm³/mol. The summed E-state index contributed by atoms with van der Waals surface area (Å²) in [4.78, 5) is 16.8. The van der Waals surface area contributed by atoms with Gasteiger partial charge in [-0.2, -0.15) is 0 Å². The van der Waals surface area contributed by atoms with Gasteiger partial charge in [-0.1, -0.05) is 6.92 Å². The summed E-state index contributed by atoms with van der Waals surface area (Å²) in [6.07, 6.45) is 2.43. The van der Waals surface area contributed by atoms with E-state index >= 15 is 0 Å². The molecular formula is C13H14N2O2S. The molecule has 5 heteroatoms. The molecule has 0 aliphatic carbocycles. The predicted octanol–water partition coefficient (Wildman–Crippen LogP) is 2.34. The number of carbonyl (C=O) groups excluding carboxylic acids is 1. The second kappa shape index (κ2) is 5.64. The minimum absolute atomic E-state index is 0.0621. The van der Waals surface area contributed by atoms with E-state index < -0.39 is 0 Å². The van der Waals surface area contributed by atoms with Crippen LogP contribution < -0.4 is 5.32 Å². The number of nitrogens with one attached hydrogen (secondary N) is 1. The first-order chi connectivity index (χ1) is 8.72. The second-order valence-electron chi connectivity index (χ2n) is 3.78. The van der Waals surface area contributed by atoms with Crippen molar-refractivity contribution in [2.24, 2.45) is 0 Å². The Morgan fingerprint density at radius 1 is 1.50 bits per heavy atom. The van der Waals surface area contributed by atoms with Gasteiger partial charge in [0.2, 0.25) is 0 Å². The quantitative estimate of drug-likeness (QED) is 0.889. The lowest BCUT2D eigenvalue weighted by molar-refractivity contribution is 0.0943. The SMILES string of the molecule is CCc1ccsc1CNC(=O)c1ncccc1O. The van der Waals surface area contributed by atoms with Crippen molar-refractivity contribution in [3.8, 4) is 5.75 Å². The Balaban J connectivity index is 2.03. The molecule has 0 fully saturated rings. The summed E-state index contributed by atoms with van der Waals surface area (Å²) in [5, 5.41) is 14.3. The first kappa shape index (κ1) is 12.6. The number of hydrogen-bond acceptors (Lipinski definition) is 4. The molecule has 0 aliphatic heterocycles. The summed E-state index contributed by atoms with van der Waals surface area (Å²) in [6.45, 7) is 2.55. The van der Waals surface area contributed by atoms with E-state index in [2.05, 4.69) is 23.3 Å².